The van der Waals surface area contributed by atoms with Crippen LogP contribution in [0.3, 0.4) is 0 Å². The van der Waals surface area contributed by atoms with Crippen molar-refractivity contribution in [1.29, 1.82) is 0 Å². The molecule has 0 amide bonds. The van der Waals surface area contributed by atoms with Crippen molar-refractivity contribution in [3.63, 3.8) is 0 Å². The van der Waals surface area contributed by atoms with Crippen LogP contribution in [0.5, 0.6) is 0 Å². The minimum Gasteiger partial charge on any atom is -0.379 e. The van der Waals surface area contributed by atoms with Crippen LogP contribution >= 0.6 is 0 Å². The first-order chi connectivity index (χ1) is 8.44. The summed E-state index contributed by atoms with van der Waals surface area (Å²) >= 11 is 0. The van der Waals surface area contributed by atoms with Crippen LogP contribution in [0.15, 0.2) is 11.0 Å². The fourth-order valence-electron chi connectivity index (χ4n) is 1.61. The summed E-state index contributed by atoms with van der Waals surface area (Å²) in [6.07, 6.45) is 0. The van der Waals surface area contributed by atoms with Gasteiger partial charge < -0.3 is 4.74 Å². The second-order valence-electron chi connectivity index (χ2n) is 3.61. The second kappa shape index (κ2) is 4.87. The number of rotatable bonds is 2. The molecule has 0 aromatic heterocycles. The molecule has 1 heterocycles. The monoisotopic (exact) mass is 280 g/mol. The molecule has 8 heteroatoms. The van der Waals surface area contributed by atoms with Crippen molar-refractivity contribution in [2.75, 3.05) is 26.3 Å². The summed E-state index contributed by atoms with van der Waals surface area (Å²) in [7, 11) is -4.40. The molecule has 2 rings (SSSR count). The van der Waals surface area contributed by atoms with Gasteiger partial charge in [0, 0.05) is 19.2 Å². The molecular formula is C10H9F3NO3S. The van der Waals surface area contributed by atoms with Crippen LogP contribution in [0.25, 0.3) is 0 Å². The zero-order valence-electron chi connectivity index (χ0n) is 9.12. The van der Waals surface area contributed by atoms with Crippen LogP contribution in [0.1, 0.15) is 0 Å². The van der Waals surface area contributed by atoms with Gasteiger partial charge in [0.15, 0.2) is 16.5 Å². The van der Waals surface area contributed by atoms with E-state index in [9.17, 15) is 21.6 Å². The summed E-state index contributed by atoms with van der Waals surface area (Å²) in [5.41, 5.74) is 0. The summed E-state index contributed by atoms with van der Waals surface area (Å²) in [4.78, 5) is -1.28. The van der Waals surface area contributed by atoms with Crippen molar-refractivity contribution in [2.45, 2.75) is 4.90 Å². The minimum absolute atomic E-state index is 0.0263. The lowest BCUT2D eigenvalue weighted by Gasteiger charge is -2.26. The van der Waals surface area contributed by atoms with Gasteiger partial charge in [-0.25, -0.2) is 21.6 Å². The number of morpholine rings is 1. The third-order valence-electron chi connectivity index (χ3n) is 2.50. The maximum atomic E-state index is 13.4. The van der Waals surface area contributed by atoms with Crippen molar-refractivity contribution >= 4 is 10.0 Å². The highest BCUT2D eigenvalue weighted by molar-refractivity contribution is 7.89. The van der Waals surface area contributed by atoms with E-state index in [4.69, 9.17) is 4.74 Å². The Bertz CT molecular complexity index is 556. The average molecular weight is 280 g/mol. The van der Waals surface area contributed by atoms with Crippen molar-refractivity contribution in [1.82, 2.24) is 4.31 Å². The number of benzene rings is 1. The third-order valence-corrected chi connectivity index (χ3v) is 4.44. The van der Waals surface area contributed by atoms with Gasteiger partial charge in [0.2, 0.25) is 10.0 Å². The van der Waals surface area contributed by atoms with E-state index in [1.165, 1.54) is 0 Å². The Morgan fingerprint density at radius 2 is 1.83 bits per heavy atom. The number of ether oxygens (including phenoxy) is 1. The van der Waals surface area contributed by atoms with E-state index in [0.717, 1.165) is 4.31 Å². The first-order valence-corrected chi connectivity index (χ1v) is 6.51. The smallest absolute Gasteiger partial charge is 0.249 e. The molecule has 99 valence electrons. The Balaban J connectivity index is 2.50. The lowest BCUT2D eigenvalue weighted by Crippen LogP contribution is -2.41. The summed E-state index contributed by atoms with van der Waals surface area (Å²) in [5, 5.41) is 0. The Hall–Kier alpha value is -1.12. The maximum absolute atomic E-state index is 13.4. The molecule has 0 unspecified atom stereocenters. The molecule has 1 saturated heterocycles. The van der Waals surface area contributed by atoms with Gasteiger partial charge in [-0.05, 0) is 6.07 Å². The SMILES string of the molecule is O=S(=O)(c1c(F)c[c]c(F)c1F)N1CCOCC1. The molecule has 0 saturated carbocycles. The molecule has 1 aliphatic heterocycles. The average Bonchev–Trinajstić information content (AvgIpc) is 2.35. The molecule has 0 atom stereocenters. The zero-order valence-corrected chi connectivity index (χ0v) is 9.94. The van der Waals surface area contributed by atoms with E-state index in [1.54, 1.807) is 6.07 Å². The van der Waals surface area contributed by atoms with Gasteiger partial charge in [0.25, 0.3) is 0 Å². The highest BCUT2D eigenvalue weighted by Crippen LogP contribution is 2.24. The van der Waals surface area contributed by atoms with Gasteiger partial charge in [0.1, 0.15) is 5.82 Å². The maximum Gasteiger partial charge on any atom is 0.249 e. The molecule has 18 heavy (non-hydrogen) atoms. The molecule has 1 radical (unpaired) electrons. The van der Waals surface area contributed by atoms with Crippen LogP contribution in [-0.4, -0.2) is 39.0 Å². The first-order valence-electron chi connectivity index (χ1n) is 5.07. The quantitative estimate of drug-likeness (QED) is 0.757. The fraction of sp³-hybridized carbons (Fsp3) is 0.400. The van der Waals surface area contributed by atoms with E-state index < -0.39 is 32.4 Å². The van der Waals surface area contributed by atoms with Crippen molar-refractivity contribution < 1.29 is 26.3 Å². The lowest BCUT2D eigenvalue weighted by molar-refractivity contribution is 0.0728. The van der Waals surface area contributed by atoms with E-state index in [1.807, 2.05) is 0 Å². The molecule has 4 nitrogen and oxygen atoms in total. The van der Waals surface area contributed by atoms with E-state index in [0.29, 0.717) is 6.07 Å². The molecule has 0 N–H and O–H groups in total. The van der Waals surface area contributed by atoms with Crippen LogP contribution in [0.2, 0.25) is 0 Å². The van der Waals surface area contributed by atoms with E-state index >= 15 is 0 Å². The van der Waals surface area contributed by atoms with Gasteiger partial charge in [-0.1, -0.05) is 0 Å². The van der Waals surface area contributed by atoms with Crippen molar-refractivity contribution in [3.8, 4) is 0 Å². The molecule has 1 fully saturated rings. The molecule has 1 aliphatic rings. The molecule has 0 spiro atoms. The number of nitrogens with zero attached hydrogens (tertiary/aromatic N) is 1. The van der Waals surface area contributed by atoms with Crippen LogP contribution in [-0.2, 0) is 14.8 Å². The number of sulfonamides is 1. The van der Waals surface area contributed by atoms with Gasteiger partial charge in [-0.2, -0.15) is 4.31 Å². The topological polar surface area (TPSA) is 46.6 Å². The number of hydrogen-bond acceptors (Lipinski definition) is 3. The Morgan fingerprint density at radius 3 is 2.44 bits per heavy atom. The van der Waals surface area contributed by atoms with Gasteiger partial charge >= 0.3 is 0 Å². The lowest BCUT2D eigenvalue weighted by atomic mass is 10.3. The molecule has 1 aromatic carbocycles. The Kier molecular flexibility index (Phi) is 3.60. The van der Waals surface area contributed by atoms with Crippen LogP contribution in [0, 0.1) is 23.5 Å². The summed E-state index contributed by atoms with van der Waals surface area (Å²) in [6, 6.07) is 2.12. The first kappa shape index (κ1) is 13.3. The predicted molar refractivity (Wildman–Crippen MR) is 54.7 cm³/mol. The molecule has 0 bridgehead atoms. The van der Waals surface area contributed by atoms with Gasteiger partial charge in [-0.15, -0.1) is 0 Å². The third kappa shape index (κ3) is 2.23. The standard InChI is InChI=1S/C10H9F3NO3S/c11-7-1-2-8(12)10(9(7)13)18(15,16)14-3-5-17-6-4-14/h2H,3-6H2. The molecule has 1 aromatic rings. The second-order valence-corrected chi connectivity index (χ2v) is 5.48. The van der Waals surface area contributed by atoms with Crippen LogP contribution in [0.4, 0.5) is 13.2 Å². The van der Waals surface area contributed by atoms with Gasteiger partial charge in [0.05, 0.1) is 13.2 Å². The summed E-state index contributed by atoms with van der Waals surface area (Å²) in [6.45, 7) is 0.205. The zero-order chi connectivity index (χ0) is 13.3. The largest absolute Gasteiger partial charge is 0.379 e. The van der Waals surface area contributed by atoms with Crippen LogP contribution < -0.4 is 0 Å². The molecular weight excluding hydrogens is 271 g/mol. The van der Waals surface area contributed by atoms with E-state index in [-0.39, 0.29) is 26.3 Å². The van der Waals surface area contributed by atoms with E-state index in [2.05, 4.69) is 0 Å². The highest BCUT2D eigenvalue weighted by atomic mass is 32.2. The molecule has 0 aliphatic carbocycles. The van der Waals surface area contributed by atoms with Crippen molar-refractivity contribution in [2.24, 2.45) is 0 Å². The predicted octanol–water partition coefficient (Wildman–Crippen LogP) is 0.925. The number of halogens is 3. The Labute approximate surface area is 102 Å². The van der Waals surface area contributed by atoms with Crippen molar-refractivity contribution in [3.05, 3.63) is 29.6 Å². The summed E-state index contributed by atoms with van der Waals surface area (Å²) in [5.74, 6) is -4.63. The fourth-order valence-corrected chi connectivity index (χ4v) is 3.12. The normalized spacial score (nSPS) is 17.9. The number of hydrogen-bond donors (Lipinski definition) is 0. The Morgan fingerprint density at radius 1 is 1.22 bits per heavy atom. The summed E-state index contributed by atoms with van der Waals surface area (Å²) < 4.78 is 69.6. The van der Waals surface area contributed by atoms with Gasteiger partial charge in [-0.3, -0.25) is 0 Å². The minimum atomic E-state index is -4.40. The highest BCUT2D eigenvalue weighted by Gasteiger charge is 2.33.